The summed E-state index contributed by atoms with van der Waals surface area (Å²) in [4.78, 5) is 22.6. The molecule has 0 spiro atoms. The molecular formula is C14H9BrO4. The number of rotatable bonds is 3. The molecule has 0 unspecified atom stereocenters. The fourth-order valence-corrected chi connectivity index (χ4v) is 1.95. The number of hydrogen-bond acceptors (Lipinski definition) is 4. The van der Waals surface area contributed by atoms with E-state index in [9.17, 15) is 14.7 Å². The molecule has 0 fully saturated rings. The Morgan fingerprint density at radius 2 is 1.89 bits per heavy atom. The molecule has 0 amide bonds. The number of halogens is 1. The Hall–Kier alpha value is -2.14. The molecule has 0 aromatic heterocycles. The number of aromatic hydroxyl groups is 1. The van der Waals surface area contributed by atoms with E-state index in [4.69, 9.17) is 4.74 Å². The van der Waals surface area contributed by atoms with Crippen LogP contribution in [0.15, 0.2) is 46.9 Å². The molecule has 0 bridgehead atoms. The summed E-state index contributed by atoms with van der Waals surface area (Å²) in [5, 5.41) is 9.73. The van der Waals surface area contributed by atoms with Crippen molar-refractivity contribution in [2.24, 2.45) is 0 Å². The minimum atomic E-state index is -0.620. The van der Waals surface area contributed by atoms with E-state index in [1.807, 2.05) is 0 Å². The highest BCUT2D eigenvalue weighted by molar-refractivity contribution is 9.10. The van der Waals surface area contributed by atoms with E-state index in [1.165, 1.54) is 18.2 Å². The van der Waals surface area contributed by atoms with Gasteiger partial charge in [-0.05, 0) is 40.2 Å². The average Bonchev–Trinajstić information content (AvgIpc) is 2.41. The van der Waals surface area contributed by atoms with Gasteiger partial charge in [0.15, 0.2) is 17.8 Å². The van der Waals surface area contributed by atoms with Gasteiger partial charge < -0.3 is 9.84 Å². The SMILES string of the molecule is O=Cc1cccc(OC(=O)c2ccccc2Br)c1O. The molecule has 0 heterocycles. The Morgan fingerprint density at radius 1 is 1.16 bits per heavy atom. The molecular weight excluding hydrogens is 312 g/mol. The third-order valence-electron chi connectivity index (χ3n) is 2.45. The largest absolute Gasteiger partial charge is 0.504 e. The third-order valence-corrected chi connectivity index (χ3v) is 3.15. The van der Waals surface area contributed by atoms with Crippen LogP contribution in [0.1, 0.15) is 20.7 Å². The second-order valence-electron chi connectivity index (χ2n) is 3.68. The minimum absolute atomic E-state index is 0.0506. The van der Waals surface area contributed by atoms with Crippen molar-refractivity contribution in [1.29, 1.82) is 0 Å². The number of carbonyl (C=O) groups excluding carboxylic acids is 2. The van der Waals surface area contributed by atoms with Gasteiger partial charge in [-0.3, -0.25) is 4.79 Å². The second kappa shape index (κ2) is 5.67. The Kier molecular flexibility index (Phi) is 3.97. The molecule has 0 atom stereocenters. The number of para-hydroxylation sites is 1. The van der Waals surface area contributed by atoms with Crippen LogP contribution in [-0.4, -0.2) is 17.4 Å². The van der Waals surface area contributed by atoms with Crippen molar-refractivity contribution < 1.29 is 19.4 Å². The Morgan fingerprint density at radius 3 is 2.58 bits per heavy atom. The summed E-state index contributed by atoms with van der Waals surface area (Å²) in [5.74, 6) is -1.02. The molecule has 96 valence electrons. The fourth-order valence-electron chi connectivity index (χ4n) is 1.50. The van der Waals surface area contributed by atoms with E-state index in [0.717, 1.165) is 0 Å². The number of phenolic OH excluding ortho intramolecular Hbond substituents is 1. The van der Waals surface area contributed by atoms with Gasteiger partial charge in [0, 0.05) is 4.47 Å². The van der Waals surface area contributed by atoms with E-state index in [2.05, 4.69) is 15.9 Å². The number of carbonyl (C=O) groups is 2. The molecule has 2 rings (SSSR count). The number of ether oxygens (including phenoxy) is 1. The highest BCUT2D eigenvalue weighted by atomic mass is 79.9. The van der Waals surface area contributed by atoms with Gasteiger partial charge in [-0.1, -0.05) is 18.2 Å². The molecule has 19 heavy (non-hydrogen) atoms. The van der Waals surface area contributed by atoms with Crippen molar-refractivity contribution in [1.82, 2.24) is 0 Å². The van der Waals surface area contributed by atoms with E-state index < -0.39 is 5.97 Å². The van der Waals surface area contributed by atoms with Gasteiger partial charge in [0.25, 0.3) is 0 Å². The summed E-state index contributed by atoms with van der Waals surface area (Å²) in [7, 11) is 0. The van der Waals surface area contributed by atoms with Gasteiger partial charge in [0.1, 0.15) is 0 Å². The van der Waals surface area contributed by atoms with Gasteiger partial charge in [-0.15, -0.1) is 0 Å². The predicted octanol–water partition coefficient (Wildman–Crippen LogP) is 3.19. The molecule has 4 nitrogen and oxygen atoms in total. The monoisotopic (exact) mass is 320 g/mol. The van der Waals surface area contributed by atoms with Gasteiger partial charge in [0.2, 0.25) is 0 Å². The van der Waals surface area contributed by atoms with Crippen LogP contribution in [0.4, 0.5) is 0 Å². The molecule has 1 N–H and O–H groups in total. The maximum absolute atomic E-state index is 11.9. The molecule has 0 aliphatic carbocycles. The van der Waals surface area contributed by atoms with E-state index in [0.29, 0.717) is 16.3 Å². The van der Waals surface area contributed by atoms with Crippen LogP contribution < -0.4 is 4.74 Å². The minimum Gasteiger partial charge on any atom is -0.504 e. The maximum atomic E-state index is 11.9. The molecule has 0 aliphatic heterocycles. The Balaban J connectivity index is 2.30. The summed E-state index contributed by atoms with van der Waals surface area (Å²) in [6, 6.07) is 11.1. The predicted molar refractivity (Wildman–Crippen MR) is 72.6 cm³/mol. The topological polar surface area (TPSA) is 63.6 Å². The van der Waals surface area contributed by atoms with E-state index in [-0.39, 0.29) is 17.1 Å². The van der Waals surface area contributed by atoms with Crippen molar-refractivity contribution in [3.05, 3.63) is 58.1 Å². The highest BCUT2D eigenvalue weighted by Gasteiger charge is 2.15. The second-order valence-corrected chi connectivity index (χ2v) is 4.54. The summed E-state index contributed by atoms with van der Waals surface area (Å²) >= 11 is 3.24. The average molecular weight is 321 g/mol. The molecule has 2 aromatic carbocycles. The van der Waals surface area contributed by atoms with E-state index >= 15 is 0 Å². The van der Waals surface area contributed by atoms with Gasteiger partial charge >= 0.3 is 5.97 Å². The zero-order valence-electron chi connectivity index (χ0n) is 9.67. The van der Waals surface area contributed by atoms with Crippen LogP contribution in [0.2, 0.25) is 0 Å². The number of phenols is 1. The van der Waals surface area contributed by atoms with Crippen molar-refractivity contribution in [3.63, 3.8) is 0 Å². The highest BCUT2D eigenvalue weighted by Crippen LogP contribution is 2.29. The summed E-state index contributed by atoms with van der Waals surface area (Å²) in [6.45, 7) is 0. The quantitative estimate of drug-likeness (QED) is 0.536. The first-order valence-corrected chi connectivity index (χ1v) is 6.16. The van der Waals surface area contributed by atoms with Crippen molar-refractivity contribution in [2.75, 3.05) is 0 Å². The van der Waals surface area contributed by atoms with Crippen LogP contribution in [0, 0.1) is 0 Å². The van der Waals surface area contributed by atoms with Crippen LogP contribution in [-0.2, 0) is 0 Å². The van der Waals surface area contributed by atoms with E-state index in [1.54, 1.807) is 24.3 Å². The lowest BCUT2D eigenvalue weighted by Gasteiger charge is -2.08. The van der Waals surface area contributed by atoms with Crippen LogP contribution >= 0.6 is 15.9 Å². The standard InChI is InChI=1S/C14H9BrO4/c15-11-6-2-1-5-10(11)14(18)19-12-7-3-4-9(8-16)13(12)17/h1-8,17H. The molecule has 0 saturated heterocycles. The fraction of sp³-hybridized carbons (Fsp3) is 0. The van der Waals surface area contributed by atoms with Gasteiger partial charge in [-0.25, -0.2) is 4.79 Å². The smallest absolute Gasteiger partial charge is 0.344 e. The first-order chi connectivity index (χ1) is 9.13. The molecule has 5 heteroatoms. The van der Waals surface area contributed by atoms with Crippen molar-refractivity contribution >= 4 is 28.2 Å². The van der Waals surface area contributed by atoms with Crippen molar-refractivity contribution in [2.45, 2.75) is 0 Å². The number of hydrogen-bond donors (Lipinski definition) is 1. The summed E-state index contributed by atoms with van der Waals surface area (Å²) < 4.78 is 5.67. The van der Waals surface area contributed by atoms with Crippen molar-refractivity contribution in [3.8, 4) is 11.5 Å². The maximum Gasteiger partial charge on any atom is 0.344 e. The van der Waals surface area contributed by atoms with Crippen LogP contribution in [0.5, 0.6) is 11.5 Å². The molecule has 0 saturated carbocycles. The molecule has 0 aliphatic rings. The first kappa shape index (κ1) is 13.3. The van der Waals surface area contributed by atoms with Crippen LogP contribution in [0.3, 0.4) is 0 Å². The lowest BCUT2D eigenvalue weighted by atomic mass is 10.2. The first-order valence-electron chi connectivity index (χ1n) is 5.37. The lowest BCUT2D eigenvalue weighted by Crippen LogP contribution is -2.09. The third kappa shape index (κ3) is 2.82. The Bertz CT molecular complexity index is 637. The molecule has 0 radical (unpaired) electrons. The van der Waals surface area contributed by atoms with Crippen LogP contribution in [0.25, 0.3) is 0 Å². The molecule has 2 aromatic rings. The zero-order chi connectivity index (χ0) is 13.8. The number of aldehydes is 1. The van der Waals surface area contributed by atoms with Gasteiger partial charge in [0.05, 0.1) is 11.1 Å². The normalized spacial score (nSPS) is 9.95. The summed E-state index contributed by atoms with van der Waals surface area (Å²) in [5.41, 5.74) is 0.399. The number of benzene rings is 2. The zero-order valence-corrected chi connectivity index (χ0v) is 11.3. The lowest BCUT2D eigenvalue weighted by molar-refractivity contribution is 0.0728. The van der Waals surface area contributed by atoms with Gasteiger partial charge in [-0.2, -0.15) is 0 Å². The Labute approximate surface area is 117 Å². The number of esters is 1. The summed E-state index contributed by atoms with van der Waals surface area (Å²) in [6.07, 6.45) is 0.491.